The van der Waals surface area contributed by atoms with Crippen LogP contribution in [0.1, 0.15) is 0 Å². The zero-order valence-corrected chi connectivity index (χ0v) is 8.05. The SMILES string of the molecule is Nc1oncc1-c1cc(F)c(F)cc1Cl. The maximum Gasteiger partial charge on any atom is 0.230 e. The lowest BCUT2D eigenvalue weighted by molar-refractivity contribution is 0.436. The number of hydrogen-bond acceptors (Lipinski definition) is 3. The summed E-state index contributed by atoms with van der Waals surface area (Å²) < 4.78 is 30.3. The van der Waals surface area contributed by atoms with Gasteiger partial charge in [0.15, 0.2) is 11.6 Å². The smallest absolute Gasteiger partial charge is 0.230 e. The average molecular weight is 231 g/mol. The Morgan fingerprint density at radius 1 is 1.20 bits per heavy atom. The van der Waals surface area contributed by atoms with Crippen molar-refractivity contribution in [2.45, 2.75) is 0 Å². The molecule has 0 aliphatic heterocycles. The van der Waals surface area contributed by atoms with E-state index < -0.39 is 11.6 Å². The van der Waals surface area contributed by atoms with E-state index in [1.807, 2.05) is 0 Å². The lowest BCUT2D eigenvalue weighted by atomic mass is 10.1. The molecule has 78 valence electrons. The summed E-state index contributed by atoms with van der Waals surface area (Å²) in [6, 6.07) is 1.82. The number of nitrogens with zero attached hydrogens (tertiary/aromatic N) is 1. The summed E-state index contributed by atoms with van der Waals surface area (Å²) in [5.41, 5.74) is 6.00. The van der Waals surface area contributed by atoms with Gasteiger partial charge in [0.25, 0.3) is 0 Å². The highest BCUT2D eigenvalue weighted by atomic mass is 35.5. The van der Waals surface area contributed by atoms with Crippen molar-refractivity contribution in [2.24, 2.45) is 0 Å². The molecular formula is C9H5ClF2N2O. The molecule has 0 radical (unpaired) electrons. The molecule has 0 unspecified atom stereocenters. The van der Waals surface area contributed by atoms with Crippen LogP contribution in [-0.2, 0) is 0 Å². The zero-order chi connectivity index (χ0) is 11.0. The van der Waals surface area contributed by atoms with Gasteiger partial charge in [0, 0.05) is 5.56 Å². The van der Waals surface area contributed by atoms with Gasteiger partial charge < -0.3 is 10.3 Å². The summed E-state index contributed by atoms with van der Waals surface area (Å²) in [5.74, 6) is -2.02. The van der Waals surface area contributed by atoms with Crippen LogP contribution in [0.15, 0.2) is 22.9 Å². The first-order valence-electron chi connectivity index (χ1n) is 3.94. The minimum atomic E-state index is -1.02. The third kappa shape index (κ3) is 1.66. The van der Waals surface area contributed by atoms with E-state index in [1.54, 1.807) is 0 Å². The second kappa shape index (κ2) is 3.51. The topological polar surface area (TPSA) is 52.0 Å². The van der Waals surface area contributed by atoms with Crippen molar-refractivity contribution >= 4 is 17.5 Å². The zero-order valence-electron chi connectivity index (χ0n) is 7.30. The number of nitrogens with two attached hydrogens (primary N) is 1. The van der Waals surface area contributed by atoms with Gasteiger partial charge in [-0.2, -0.15) is 0 Å². The summed E-state index contributed by atoms with van der Waals surface area (Å²) in [6.45, 7) is 0. The van der Waals surface area contributed by atoms with Crippen LogP contribution in [0.2, 0.25) is 5.02 Å². The molecule has 0 spiro atoms. The molecule has 1 aromatic heterocycles. The predicted octanol–water partition coefficient (Wildman–Crippen LogP) is 2.86. The van der Waals surface area contributed by atoms with E-state index in [0.717, 1.165) is 12.1 Å². The Kier molecular flexibility index (Phi) is 2.32. The molecule has 2 N–H and O–H groups in total. The Balaban J connectivity index is 2.64. The fourth-order valence-electron chi connectivity index (χ4n) is 1.18. The molecule has 0 saturated heterocycles. The molecule has 0 aliphatic rings. The van der Waals surface area contributed by atoms with Crippen LogP contribution in [-0.4, -0.2) is 5.16 Å². The lowest BCUT2D eigenvalue weighted by Gasteiger charge is -2.02. The van der Waals surface area contributed by atoms with Crippen molar-refractivity contribution < 1.29 is 13.3 Å². The van der Waals surface area contributed by atoms with Gasteiger partial charge in [0.05, 0.1) is 16.8 Å². The van der Waals surface area contributed by atoms with Gasteiger partial charge >= 0.3 is 0 Å². The second-order valence-corrected chi connectivity index (χ2v) is 3.26. The number of nitrogen functional groups attached to an aromatic ring is 1. The molecule has 0 aliphatic carbocycles. The molecule has 3 nitrogen and oxygen atoms in total. The first-order chi connectivity index (χ1) is 7.09. The Hall–Kier alpha value is -1.62. The van der Waals surface area contributed by atoms with Crippen LogP contribution in [0, 0.1) is 11.6 Å². The van der Waals surface area contributed by atoms with Gasteiger partial charge in [-0.25, -0.2) is 8.78 Å². The highest BCUT2D eigenvalue weighted by Gasteiger charge is 2.14. The van der Waals surface area contributed by atoms with Crippen LogP contribution in [0.25, 0.3) is 11.1 Å². The Bertz CT molecular complexity index is 513. The van der Waals surface area contributed by atoms with Crippen molar-refractivity contribution in [1.82, 2.24) is 5.16 Å². The molecule has 0 saturated carbocycles. The van der Waals surface area contributed by atoms with E-state index in [4.69, 9.17) is 17.3 Å². The molecule has 1 aromatic carbocycles. The standard InChI is InChI=1S/C9H5ClF2N2O/c10-6-2-8(12)7(11)1-4(6)5-3-14-15-9(5)13/h1-3H,13H2. The third-order valence-corrected chi connectivity index (χ3v) is 2.21. The van der Waals surface area contributed by atoms with Gasteiger partial charge in [-0.1, -0.05) is 16.8 Å². The largest absolute Gasteiger partial charge is 0.367 e. The monoisotopic (exact) mass is 230 g/mol. The van der Waals surface area contributed by atoms with Crippen LogP contribution in [0.3, 0.4) is 0 Å². The highest BCUT2D eigenvalue weighted by Crippen LogP contribution is 2.33. The number of hydrogen-bond donors (Lipinski definition) is 1. The summed E-state index contributed by atoms with van der Waals surface area (Å²) in [5, 5.41) is 3.46. The lowest BCUT2D eigenvalue weighted by Crippen LogP contribution is -1.89. The van der Waals surface area contributed by atoms with Crippen molar-refractivity contribution in [3.05, 3.63) is 35.0 Å². The van der Waals surface area contributed by atoms with Crippen LogP contribution >= 0.6 is 11.6 Å². The number of anilines is 1. The predicted molar refractivity (Wildman–Crippen MR) is 51.3 cm³/mol. The molecule has 2 aromatic rings. The molecule has 15 heavy (non-hydrogen) atoms. The first kappa shape index (κ1) is 9.92. The van der Waals surface area contributed by atoms with E-state index >= 15 is 0 Å². The van der Waals surface area contributed by atoms with E-state index in [-0.39, 0.29) is 16.5 Å². The van der Waals surface area contributed by atoms with E-state index in [1.165, 1.54) is 6.20 Å². The third-order valence-electron chi connectivity index (χ3n) is 1.90. The molecular weight excluding hydrogens is 226 g/mol. The summed E-state index contributed by atoms with van der Waals surface area (Å²) in [7, 11) is 0. The number of benzene rings is 1. The summed E-state index contributed by atoms with van der Waals surface area (Å²) in [6.07, 6.45) is 1.29. The minimum Gasteiger partial charge on any atom is -0.367 e. The first-order valence-corrected chi connectivity index (χ1v) is 4.32. The van der Waals surface area contributed by atoms with Gasteiger partial charge in [0.2, 0.25) is 5.88 Å². The molecule has 0 amide bonds. The fraction of sp³-hybridized carbons (Fsp3) is 0. The Morgan fingerprint density at radius 2 is 1.87 bits per heavy atom. The highest BCUT2D eigenvalue weighted by molar-refractivity contribution is 6.33. The molecule has 6 heteroatoms. The Morgan fingerprint density at radius 3 is 2.47 bits per heavy atom. The van der Waals surface area contributed by atoms with Crippen LogP contribution in [0.5, 0.6) is 0 Å². The maximum absolute atomic E-state index is 13.0. The summed E-state index contributed by atoms with van der Waals surface area (Å²) in [4.78, 5) is 0. The average Bonchev–Trinajstić information content (AvgIpc) is 2.58. The summed E-state index contributed by atoms with van der Waals surface area (Å²) >= 11 is 5.73. The van der Waals surface area contributed by atoms with E-state index in [0.29, 0.717) is 5.56 Å². The Labute approximate surface area is 88.4 Å². The number of halogens is 3. The van der Waals surface area contributed by atoms with Gasteiger partial charge in [-0.05, 0) is 12.1 Å². The van der Waals surface area contributed by atoms with Crippen LogP contribution in [0.4, 0.5) is 14.7 Å². The van der Waals surface area contributed by atoms with Crippen molar-refractivity contribution in [3.63, 3.8) is 0 Å². The normalized spacial score (nSPS) is 10.6. The van der Waals surface area contributed by atoms with E-state index in [9.17, 15) is 8.78 Å². The van der Waals surface area contributed by atoms with Gasteiger partial charge in [-0.3, -0.25) is 0 Å². The molecule has 1 heterocycles. The van der Waals surface area contributed by atoms with E-state index in [2.05, 4.69) is 9.68 Å². The van der Waals surface area contributed by atoms with Crippen molar-refractivity contribution in [2.75, 3.05) is 5.73 Å². The van der Waals surface area contributed by atoms with Gasteiger partial charge in [-0.15, -0.1) is 0 Å². The van der Waals surface area contributed by atoms with Crippen molar-refractivity contribution in [3.8, 4) is 11.1 Å². The van der Waals surface area contributed by atoms with Crippen molar-refractivity contribution in [1.29, 1.82) is 0 Å². The fourth-order valence-corrected chi connectivity index (χ4v) is 1.43. The maximum atomic E-state index is 13.0. The van der Waals surface area contributed by atoms with Gasteiger partial charge in [0.1, 0.15) is 0 Å². The number of rotatable bonds is 1. The molecule has 0 fully saturated rings. The minimum absolute atomic E-state index is 0.00269. The quantitative estimate of drug-likeness (QED) is 0.767. The second-order valence-electron chi connectivity index (χ2n) is 2.85. The number of aromatic nitrogens is 1. The molecule has 2 rings (SSSR count). The molecule has 0 bridgehead atoms. The van der Waals surface area contributed by atoms with Crippen LogP contribution < -0.4 is 5.73 Å². The molecule has 0 atom stereocenters.